The van der Waals surface area contributed by atoms with Crippen LogP contribution in [0.3, 0.4) is 0 Å². The quantitative estimate of drug-likeness (QED) is 0.798. The summed E-state index contributed by atoms with van der Waals surface area (Å²) < 4.78 is 28.6. The van der Waals surface area contributed by atoms with Crippen molar-refractivity contribution in [2.24, 2.45) is 7.05 Å². The minimum Gasteiger partial charge on any atom is -0.398 e. The van der Waals surface area contributed by atoms with Crippen molar-refractivity contribution >= 4 is 31.6 Å². The van der Waals surface area contributed by atoms with Gasteiger partial charge in [-0.05, 0) is 34.5 Å². The van der Waals surface area contributed by atoms with Crippen LogP contribution in [-0.4, -0.2) is 23.4 Å². The summed E-state index contributed by atoms with van der Waals surface area (Å²) in [6.07, 6.45) is 0. The molecule has 1 unspecified atom stereocenters. The molecule has 0 fully saturated rings. The molecule has 0 aliphatic rings. The van der Waals surface area contributed by atoms with Gasteiger partial charge in [0.25, 0.3) is 10.0 Å². The number of para-hydroxylation sites is 1. The summed E-state index contributed by atoms with van der Waals surface area (Å²) in [5.74, 6) is 0. The monoisotopic (exact) mass is 359 g/mol. The standard InChI is InChI=1S/C11H14BrN5O2S/c1-7(8-5-3-4-6-9(8)13)15-20(18,19)11-10(12)14-16-17(11)2/h3-7,15H,13H2,1-2H3. The Morgan fingerprint density at radius 1 is 1.40 bits per heavy atom. The summed E-state index contributed by atoms with van der Waals surface area (Å²) >= 11 is 3.08. The molecule has 1 aromatic carbocycles. The van der Waals surface area contributed by atoms with E-state index < -0.39 is 16.1 Å². The largest absolute Gasteiger partial charge is 0.398 e. The molecule has 3 N–H and O–H groups in total. The van der Waals surface area contributed by atoms with Crippen LogP contribution in [0.25, 0.3) is 0 Å². The number of aryl methyl sites for hydroxylation is 1. The fourth-order valence-electron chi connectivity index (χ4n) is 1.87. The molecule has 20 heavy (non-hydrogen) atoms. The van der Waals surface area contributed by atoms with Crippen LogP contribution in [0.15, 0.2) is 33.9 Å². The highest BCUT2D eigenvalue weighted by molar-refractivity contribution is 9.10. The number of halogens is 1. The molecule has 108 valence electrons. The van der Waals surface area contributed by atoms with Crippen molar-refractivity contribution in [3.63, 3.8) is 0 Å². The number of anilines is 1. The fraction of sp³-hybridized carbons (Fsp3) is 0.273. The average Bonchev–Trinajstić information content (AvgIpc) is 2.69. The fourth-order valence-corrected chi connectivity index (χ4v) is 4.18. The predicted molar refractivity (Wildman–Crippen MR) is 78.3 cm³/mol. The van der Waals surface area contributed by atoms with Crippen LogP contribution >= 0.6 is 15.9 Å². The van der Waals surface area contributed by atoms with E-state index in [-0.39, 0.29) is 9.63 Å². The van der Waals surface area contributed by atoms with E-state index in [1.54, 1.807) is 31.2 Å². The Hall–Kier alpha value is -1.45. The second-order valence-electron chi connectivity index (χ2n) is 4.28. The van der Waals surface area contributed by atoms with Crippen molar-refractivity contribution in [2.75, 3.05) is 5.73 Å². The molecule has 0 saturated carbocycles. The molecular formula is C11H14BrN5O2S. The predicted octanol–water partition coefficient (Wildman–Crippen LogP) is 1.20. The molecule has 1 heterocycles. The van der Waals surface area contributed by atoms with Gasteiger partial charge in [0, 0.05) is 18.8 Å². The van der Waals surface area contributed by atoms with E-state index in [4.69, 9.17) is 5.73 Å². The number of hydrogen-bond acceptors (Lipinski definition) is 5. The van der Waals surface area contributed by atoms with E-state index in [2.05, 4.69) is 31.0 Å². The number of nitrogens with zero attached hydrogens (tertiary/aromatic N) is 3. The molecule has 0 saturated heterocycles. The normalized spacial score (nSPS) is 13.3. The van der Waals surface area contributed by atoms with Crippen LogP contribution in [0, 0.1) is 0 Å². The number of sulfonamides is 1. The maximum Gasteiger partial charge on any atom is 0.261 e. The zero-order valence-electron chi connectivity index (χ0n) is 10.9. The van der Waals surface area contributed by atoms with Gasteiger partial charge in [-0.1, -0.05) is 23.4 Å². The van der Waals surface area contributed by atoms with Crippen molar-refractivity contribution in [2.45, 2.75) is 18.0 Å². The van der Waals surface area contributed by atoms with Crippen LogP contribution in [0.5, 0.6) is 0 Å². The first kappa shape index (κ1) is 14.9. The Morgan fingerprint density at radius 3 is 2.60 bits per heavy atom. The van der Waals surface area contributed by atoms with Gasteiger partial charge in [-0.25, -0.2) is 17.8 Å². The molecule has 2 rings (SSSR count). The summed E-state index contributed by atoms with van der Waals surface area (Å²) in [6.45, 7) is 1.72. The van der Waals surface area contributed by atoms with E-state index in [9.17, 15) is 8.42 Å². The molecule has 1 atom stereocenters. The highest BCUT2D eigenvalue weighted by atomic mass is 79.9. The second kappa shape index (κ2) is 5.51. The lowest BCUT2D eigenvalue weighted by Crippen LogP contribution is -2.29. The topological polar surface area (TPSA) is 103 Å². The number of nitrogen functional groups attached to an aromatic ring is 1. The van der Waals surface area contributed by atoms with Crippen LogP contribution in [0.1, 0.15) is 18.5 Å². The zero-order valence-corrected chi connectivity index (χ0v) is 13.3. The lowest BCUT2D eigenvalue weighted by molar-refractivity contribution is 0.548. The minimum absolute atomic E-state index is 0.0288. The molecule has 7 nitrogen and oxygen atoms in total. The summed E-state index contributed by atoms with van der Waals surface area (Å²) in [4.78, 5) is 0. The van der Waals surface area contributed by atoms with Crippen LogP contribution in [0.2, 0.25) is 0 Å². The van der Waals surface area contributed by atoms with E-state index >= 15 is 0 Å². The molecule has 9 heteroatoms. The Morgan fingerprint density at radius 2 is 2.05 bits per heavy atom. The van der Waals surface area contributed by atoms with Gasteiger partial charge in [-0.2, -0.15) is 0 Å². The second-order valence-corrected chi connectivity index (χ2v) is 6.66. The highest BCUT2D eigenvalue weighted by Gasteiger charge is 2.26. The third kappa shape index (κ3) is 2.84. The van der Waals surface area contributed by atoms with Crippen LogP contribution in [-0.2, 0) is 17.1 Å². The highest BCUT2D eigenvalue weighted by Crippen LogP contribution is 2.23. The van der Waals surface area contributed by atoms with Crippen LogP contribution < -0.4 is 10.5 Å². The minimum atomic E-state index is -3.76. The van der Waals surface area contributed by atoms with E-state index in [0.717, 1.165) is 0 Å². The van der Waals surface area contributed by atoms with E-state index in [1.807, 2.05) is 0 Å². The molecule has 0 bridgehead atoms. The molecule has 1 aromatic heterocycles. The van der Waals surface area contributed by atoms with E-state index in [1.165, 1.54) is 11.7 Å². The number of benzene rings is 1. The maximum absolute atomic E-state index is 12.3. The third-order valence-corrected chi connectivity index (χ3v) is 5.21. The Balaban J connectivity index is 2.32. The summed E-state index contributed by atoms with van der Waals surface area (Å²) in [7, 11) is -2.25. The molecule has 0 amide bonds. The number of aromatic nitrogens is 3. The van der Waals surface area contributed by atoms with Crippen molar-refractivity contribution in [1.29, 1.82) is 0 Å². The summed E-state index contributed by atoms with van der Waals surface area (Å²) in [5.41, 5.74) is 7.09. The van der Waals surface area contributed by atoms with Gasteiger partial charge < -0.3 is 5.73 Å². The van der Waals surface area contributed by atoms with Crippen molar-refractivity contribution < 1.29 is 8.42 Å². The molecular weight excluding hydrogens is 346 g/mol. The molecule has 0 radical (unpaired) electrons. The van der Waals surface area contributed by atoms with Crippen molar-refractivity contribution in [1.82, 2.24) is 19.7 Å². The number of hydrogen-bond donors (Lipinski definition) is 2. The lowest BCUT2D eigenvalue weighted by atomic mass is 10.1. The van der Waals surface area contributed by atoms with Crippen LogP contribution in [0.4, 0.5) is 5.69 Å². The first-order valence-electron chi connectivity index (χ1n) is 5.75. The third-order valence-electron chi connectivity index (χ3n) is 2.79. The van der Waals surface area contributed by atoms with Gasteiger partial charge in [0.05, 0.1) is 0 Å². The summed E-state index contributed by atoms with van der Waals surface area (Å²) in [5, 5.41) is 7.29. The molecule has 2 aromatic rings. The van der Waals surface area contributed by atoms with Gasteiger partial charge in [0.2, 0.25) is 5.03 Å². The van der Waals surface area contributed by atoms with Gasteiger partial charge in [-0.15, -0.1) is 5.10 Å². The van der Waals surface area contributed by atoms with Gasteiger partial charge in [0.1, 0.15) is 0 Å². The zero-order chi connectivity index (χ0) is 14.9. The Kier molecular flexibility index (Phi) is 4.11. The number of rotatable bonds is 4. The molecule has 0 spiro atoms. The maximum atomic E-state index is 12.3. The molecule has 0 aliphatic carbocycles. The van der Waals surface area contributed by atoms with Gasteiger partial charge in [0.15, 0.2) is 4.60 Å². The van der Waals surface area contributed by atoms with E-state index in [0.29, 0.717) is 11.3 Å². The van der Waals surface area contributed by atoms with Gasteiger partial charge in [-0.3, -0.25) is 0 Å². The Bertz CT molecular complexity index is 709. The first-order chi connectivity index (χ1) is 9.33. The average molecular weight is 360 g/mol. The first-order valence-corrected chi connectivity index (χ1v) is 8.02. The van der Waals surface area contributed by atoms with Crippen molar-refractivity contribution in [3.8, 4) is 0 Å². The smallest absolute Gasteiger partial charge is 0.261 e. The van der Waals surface area contributed by atoms with Gasteiger partial charge >= 0.3 is 0 Å². The Labute approximate surface area is 125 Å². The number of nitrogens with one attached hydrogen (secondary N) is 1. The molecule has 0 aliphatic heterocycles. The summed E-state index contributed by atoms with van der Waals surface area (Å²) in [6, 6.07) is 6.63. The SMILES string of the molecule is CC(NS(=O)(=O)c1c(Br)nnn1C)c1ccccc1N. The van der Waals surface area contributed by atoms with Crippen molar-refractivity contribution in [3.05, 3.63) is 34.4 Å². The number of nitrogens with two attached hydrogens (primary N) is 1. The lowest BCUT2D eigenvalue weighted by Gasteiger charge is -2.16.